The fourth-order valence-corrected chi connectivity index (χ4v) is 5.43. The van der Waals surface area contributed by atoms with Crippen molar-refractivity contribution in [2.24, 2.45) is 0 Å². The molecule has 0 saturated carbocycles. The Morgan fingerprint density at radius 3 is 2.41 bits per heavy atom. The van der Waals surface area contributed by atoms with E-state index < -0.39 is 0 Å². The molecule has 0 radical (unpaired) electrons. The number of nitrogens with zero attached hydrogens (tertiary/aromatic N) is 3. The smallest absolute Gasteiger partial charge is 0.254 e. The fraction of sp³-hybridized carbons (Fsp3) is 0.281. The summed E-state index contributed by atoms with van der Waals surface area (Å²) in [5.41, 5.74) is 4.09. The molecule has 0 aliphatic carbocycles. The molecule has 0 bridgehead atoms. The highest BCUT2D eigenvalue weighted by molar-refractivity contribution is 6.06. The number of aromatic nitrogens is 1. The molecule has 1 aromatic heterocycles. The van der Waals surface area contributed by atoms with Crippen molar-refractivity contribution in [2.45, 2.75) is 37.8 Å². The van der Waals surface area contributed by atoms with Crippen molar-refractivity contribution in [1.82, 2.24) is 14.8 Å². The fourth-order valence-electron chi connectivity index (χ4n) is 5.43. The standard InChI is InChI=1S/C32H33N3O2/c1-34(2)26-18-17-25(19-20-30(36)29-16-8-12-24-13-9-21-33-31(24)29)35(22-26)32(37)28-15-7-6-14-27(28)23-10-4-3-5-11-23/h3-16,21,25-26H,17-20,22H2,1-2H3. The van der Waals surface area contributed by atoms with Crippen molar-refractivity contribution in [2.75, 3.05) is 20.6 Å². The van der Waals surface area contributed by atoms with Crippen LogP contribution in [0.3, 0.4) is 0 Å². The minimum Gasteiger partial charge on any atom is -0.334 e. The molecule has 3 aromatic carbocycles. The Morgan fingerprint density at radius 2 is 1.59 bits per heavy atom. The van der Waals surface area contributed by atoms with Gasteiger partial charge in [0.2, 0.25) is 0 Å². The Labute approximate surface area is 218 Å². The maximum absolute atomic E-state index is 14.1. The van der Waals surface area contributed by atoms with E-state index in [1.165, 1.54) is 0 Å². The van der Waals surface area contributed by atoms with Gasteiger partial charge in [0.25, 0.3) is 5.91 Å². The molecule has 1 aliphatic heterocycles. The highest BCUT2D eigenvalue weighted by Gasteiger charge is 2.34. The van der Waals surface area contributed by atoms with Crippen LogP contribution in [0, 0.1) is 0 Å². The van der Waals surface area contributed by atoms with E-state index in [0.717, 1.165) is 34.9 Å². The van der Waals surface area contributed by atoms with E-state index in [1.807, 2.05) is 89.8 Å². The molecule has 37 heavy (non-hydrogen) atoms. The van der Waals surface area contributed by atoms with E-state index >= 15 is 0 Å². The van der Waals surface area contributed by atoms with Gasteiger partial charge in [-0.25, -0.2) is 0 Å². The predicted octanol–water partition coefficient (Wildman–Crippen LogP) is 6.10. The average molecular weight is 492 g/mol. The first kappa shape index (κ1) is 24.8. The first-order valence-electron chi connectivity index (χ1n) is 13.0. The van der Waals surface area contributed by atoms with Gasteiger partial charge in [0.1, 0.15) is 0 Å². The monoisotopic (exact) mass is 491 g/mol. The molecule has 5 nitrogen and oxygen atoms in total. The van der Waals surface area contributed by atoms with Crippen LogP contribution in [0.4, 0.5) is 0 Å². The number of hydrogen-bond donors (Lipinski definition) is 0. The van der Waals surface area contributed by atoms with Crippen molar-refractivity contribution >= 4 is 22.6 Å². The van der Waals surface area contributed by atoms with Crippen molar-refractivity contribution < 1.29 is 9.59 Å². The van der Waals surface area contributed by atoms with Crippen LogP contribution in [0.5, 0.6) is 0 Å². The lowest BCUT2D eigenvalue weighted by Crippen LogP contribution is -2.52. The Bertz CT molecular complexity index is 1390. The summed E-state index contributed by atoms with van der Waals surface area (Å²) in [5, 5.41) is 0.967. The summed E-state index contributed by atoms with van der Waals surface area (Å²) in [6.45, 7) is 0.656. The maximum Gasteiger partial charge on any atom is 0.254 e. The van der Waals surface area contributed by atoms with Crippen LogP contribution in [-0.4, -0.2) is 59.2 Å². The number of rotatable bonds is 7. The number of hydrogen-bond acceptors (Lipinski definition) is 4. The van der Waals surface area contributed by atoms with Crippen molar-refractivity contribution in [3.8, 4) is 11.1 Å². The summed E-state index contributed by atoms with van der Waals surface area (Å²) in [4.78, 5) is 36.1. The van der Waals surface area contributed by atoms with Gasteiger partial charge in [0.05, 0.1) is 5.52 Å². The largest absolute Gasteiger partial charge is 0.334 e. The molecule has 2 unspecified atom stereocenters. The number of amides is 1. The van der Waals surface area contributed by atoms with Gasteiger partial charge in [-0.2, -0.15) is 0 Å². The molecule has 2 heterocycles. The van der Waals surface area contributed by atoms with Gasteiger partial charge in [-0.3, -0.25) is 14.6 Å². The first-order chi connectivity index (χ1) is 18.0. The molecular weight excluding hydrogens is 458 g/mol. The SMILES string of the molecule is CN(C)C1CCC(CCC(=O)c2cccc3cccnc23)N(C(=O)c2ccccc2-c2ccccc2)C1. The molecular formula is C32H33N3O2. The Kier molecular flexibility index (Phi) is 7.42. The van der Waals surface area contributed by atoms with Crippen LogP contribution < -0.4 is 0 Å². The number of benzene rings is 3. The lowest BCUT2D eigenvalue weighted by molar-refractivity contribution is 0.0453. The second-order valence-electron chi connectivity index (χ2n) is 10.1. The lowest BCUT2D eigenvalue weighted by atomic mass is 9.90. The number of likely N-dealkylation sites (tertiary alicyclic amines) is 1. The van der Waals surface area contributed by atoms with E-state index in [1.54, 1.807) is 6.20 Å². The first-order valence-corrected chi connectivity index (χ1v) is 13.0. The zero-order valence-corrected chi connectivity index (χ0v) is 21.5. The third kappa shape index (κ3) is 5.32. The Morgan fingerprint density at radius 1 is 0.865 bits per heavy atom. The van der Waals surface area contributed by atoms with Crippen LogP contribution in [0.1, 0.15) is 46.4 Å². The van der Waals surface area contributed by atoms with Gasteiger partial charge in [-0.15, -0.1) is 0 Å². The number of carbonyl (C=O) groups is 2. The molecule has 1 saturated heterocycles. The summed E-state index contributed by atoms with van der Waals surface area (Å²) in [6, 6.07) is 27.8. The van der Waals surface area contributed by atoms with Gasteiger partial charge < -0.3 is 9.80 Å². The van der Waals surface area contributed by atoms with Crippen LogP contribution >= 0.6 is 0 Å². The van der Waals surface area contributed by atoms with E-state index in [2.05, 4.69) is 24.0 Å². The molecule has 1 fully saturated rings. The minimum atomic E-state index is 0.0133. The normalized spacial score (nSPS) is 17.8. The molecule has 2 atom stereocenters. The number of piperidine rings is 1. The van der Waals surface area contributed by atoms with E-state index in [-0.39, 0.29) is 17.7 Å². The van der Waals surface area contributed by atoms with Crippen molar-refractivity contribution in [1.29, 1.82) is 0 Å². The average Bonchev–Trinajstić information content (AvgIpc) is 2.95. The van der Waals surface area contributed by atoms with Crippen LogP contribution in [0.15, 0.2) is 91.1 Å². The number of para-hydroxylation sites is 1. The highest BCUT2D eigenvalue weighted by Crippen LogP contribution is 2.30. The van der Waals surface area contributed by atoms with Gasteiger partial charge in [-0.1, -0.05) is 66.7 Å². The predicted molar refractivity (Wildman–Crippen MR) is 149 cm³/mol. The topological polar surface area (TPSA) is 53.5 Å². The molecule has 1 amide bonds. The molecule has 1 aliphatic rings. The van der Waals surface area contributed by atoms with Gasteiger partial charge in [-0.05, 0) is 62.7 Å². The maximum atomic E-state index is 14.1. The van der Waals surface area contributed by atoms with Crippen molar-refractivity contribution in [3.05, 3.63) is 102 Å². The summed E-state index contributed by atoms with van der Waals surface area (Å²) in [7, 11) is 4.14. The molecule has 4 aromatic rings. The van der Waals surface area contributed by atoms with Crippen LogP contribution in [0.2, 0.25) is 0 Å². The summed E-state index contributed by atoms with van der Waals surface area (Å²) in [5.74, 6) is 0.117. The quantitative estimate of drug-likeness (QED) is 0.293. The van der Waals surface area contributed by atoms with Gasteiger partial charge in [0, 0.05) is 47.8 Å². The van der Waals surface area contributed by atoms with Crippen LogP contribution in [0.25, 0.3) is 22.0 Å². The third-order valence-corrected chi connectivity index (χ3v) is 7.55. The summed E-state index contributed by atoms with van der Waals surface area (Å²) in [6.07, 6.45) is 4.64. The number of Topliss-reactive ketones (excluding diaryl/α,β-unsaturated/α-hetero) is 1. The summed E-state index contributed by atoms with van der Waals surface area (Å²) < 4.78 is 0. The number of carbonyl (C=O) groups excluding carboxylic acids is 2. The lowest BCUT2D eigenvalue weighted by Gasteiger charge is -2.42. The Hall–Kier alpha value is -3.83. The number of ketones is 1. The zero-order valence-electron chi connectivity index (χ0n) is 21.5. The third-order valence-electron chi connectivity index (χ3n) is 7.55. The molecule has 188 valence electrons. The number of likely N-dealkylation sites (N-methyl/N-ethyl adjacent to an activating group) is 1. The highest BCUT2D eigenvalue weighted by atomic mass is 16.2. The van der Waals surface area contributed by atoms with E-state index in [0.29, 0.717) is 36.6 Å². The molecule has 0 spiro atoms. The minimum absolute atomic E-state index is 0.0133. The van der Waals surface area contributed by atoms with Crippen molar-refractivity contribution in [3.63, 3.8) is 0 Å². The molecule has 5 rings (SSSR count). The summed E-state index contributed by atoms with van der Waals surface area (Å²) >= 11 is 0. The second-order valence-corrected chi connectivity index (χ2v) is 10.1. The number of pyridine rings is 1. The van der Waals surface area contributed by atoms with E-state index in [4.69, 9.17) is 0 Å². The second kappa shape index (κ2) is 11.1. The zero-order chi connectivity index (χ0) is 25.8. The molecule has 0 N–H and O–H groups in total. The Balaban J connectivity index is 1.40. The number of fused-ring (bicyclic) bond motifs is 1. The van der Waals surface area contributed by atoms with Crippen LogP contribution in [-0.2, 0) is 0 Å². The van der Waals surface area contributed by atoms with Gasteiger partial charge >= 0.3 is 0 Å². The molecule has 5 heteroatoms. The van der Waals surface area contributed by atoms with E-state index in [9.17, 15) is 9.59 Å². The van der Waals surface area contributed by atoms with Gasteiger partial charge in [0.15, 0.2) is 5.78 Å².